The highest BCUT2D eigenvalue weighted by atomic mass is 14.8. The van der Waals surface area contributed by atoms with Gasteiger partial charge in [-0.2, -0.15) is 0 Å². The number of allylic oxidation sites excluding steroid dienone is 4. The van der Waals surface area contributed by atoms with Gasteiger partial charge in [-0.15, -0.1) is 0 Å². The van der Waals surface area contributed by atoms with Gasteiger partial charge in [0.1, 0.15) is 0 Å². The first-order valence-electron chi connectivity index (χ1n) is 25.5. The van der Waals surface area contributed by atoms with Crippen LogP contribution in [0.15, 0.2) is 235 Å². The molecule has 0 amide bonds. The molecule has 0 nitrogen and oxygen atoms in total. The van der Waals surface area contributed by atoms with Crippen LogP contribution in [0.4, 0.5) is 0 Å². The molecule has 21 rings (SSSR count). The van der Waals surface area contributed by atoms with E-state index in [4.69, 9.17) is 0 Å². The highest BCUT2D eigenvalue weighted by molar-refractivity contribution is 6.14. The maximum absolute atomic E-state index is 2.57. The highest BCUT2D eigenvalue weighted by Crippen LogP contribution is 2.90. The van der Waals surface area contributed by atoms with Gasteiger partial charge in [0.2, 0.25) is 0 Å². The van der Waals surface area contributed by atoms with Crippen LogP contribution in [-0.2, 0) is 27.1 Å². The third-order valence-corrected chi connectivity index (χ3v) is 20.7. The number of hydrogen-bond acceptors (Lipinski definition) is 0. The summed E-state index contributed by atoms with van der Waals surface area (Å²) in [4.78, 5) is 0. The lowest BCUT2D eigenvalue weighted by Crippen LogP contribution is -2.57. The molecule has 0 aliphatic heterocycles. The molecule has 0 spiro atoms. The van der Waals surface area contributed by atoms with Crippen LogP contribution in [-0.4, -0.2) is 0 Å². The molecule has 316 valence electrons. The molecule has 0 saturated carbocycles. The number of rotatable bonds is 5. The maximum atomic E-state index is 2.57. The first kappa shape index (κ1) is 34.0. The average Bonchev–Trinajstić information content (AvgIpc) is 4.38. The van der Waals surface area contributed by atoms with Gasteiger partial charge in [0.25, 0.3) is 0 Å². The summed E-state index contributed by atoms with van der Waals surface area (Å²) in [5.74, 6) is -0.0000822. The van der Waals surface area contributed by atoms with Crippen molar-refractivity contribution in [2.45, 2.75) is 27.1 Å². The Morgan fingerprint density at radius 1 is 0.200 bits per heavy atom. The molecule has 10 aromatic rings. The van der Waals surface area contributed by atoms with E-state index < -0.39 is 27.1 Å². The highest BCUT2D eigenvalue weighted by Gasteiger charge is 2.82. The minimum Gasteiger partial charge on any atom is -0.0622 e. The monoisotopic (exact) mass is 876 g/mol. The Bertz CT molecular complexity index is 4170. The summed E-state index contributed by atoms with van der Waals surface area (Å²) in [7, 11) is 0. The van der Waals surface area contributed by atoms with Crippen LogP contribution in [0, 0.1) is 5.92 Å². The molecular formula is C70H36. The van der Waals surface area contributed by atoms with Gasteiger partial charge >= 0.3 is 0 Å². The van der Waals surface area contributed by atoms with Crippen LogP contribution in [0.25, 0.3) is 55.6 Å². The van der Waals surface area contributed by atoms with E-state index in [0.717, 1.165) is 0 Å². The molecule has 0 fully saturated rings. The Morgan fingerprint density at radius 2 is 0.414 bits per heavy atom. The maximum Gasteiger partial charge on any atom is 0.0724 e. The third-order valence-electron chi connectivity index (χ3n) is 20.7. The van der Waals surface area contributed by atoms with Gasteiger partial charge in [0.15, 0.2) is 0 Å². The van der Waals surface area contributed by atoms with E-state index in [9.17, 15) is 0 Å². The Hall–Kier alpha value is -8.32. The van der Waals surface area contributed by atoms with Gasteiger partial charge in [-0.1, -0.05) is 212 Å². The molecule has 11 aliphatic carbocycles. The van der Waals surface area contributed by atoms with Crippen molar-refractivity contribution in [2.75, 3.05) is 0 Å². The van der Waals surface area contributed by atoms with Crippen LogP contribution in [0.3, 0.4) is 0 Å². The van der Waals surface area contributed by atoms with Crippen molar-refractivity contribution in [2.24, 2.45) is 5.92 Å². The van der Waals surface area contributed by atoms with Gasteiger partial charge in [-0.25, -0.2) is 0 Å². The van der Waals surface area contributed by atoms with E-state index in [1.807, 2.05) is 0 Å². The minimum atomic E-state index is -0.566. The Balaban J connectivity index is 1.18. The fourth-order valence-electron chi connectivity index (χ4n) is 19.5. The van der Waals surface area contributed by atoms with E-state index in [1.165, 1.54) is 106 Å². The molecule has 0 saturated heterocycles. The number of fused-ring (bicyclic) bond motifs is 5. The van der Waals surface area contributed by atoms with Crippen molar-refractivity contribution >= 4 is 0 Å². The van der Waals surface area contributed by atoms with E-state index in [0.29, 0.717) is 0 Å². The summed E-state index contributed by atoms with van der Waals surface area (Å²) in [5.41, 5.74) is 40.4. The van der Waals surface area contributed by atoms with Crippen molar-refractivity contribution in [3.8, 4) is 55.6 Å². The van der Waals surface area contributed by atoms with E-state index in [1.54, 1.807) is 55.7 Å². The quantitative estimate of drug-likeness (QED) is 0.162. The molecule has 0 bridgehead atoms. The topological polar surface area (TPSA) is 0 Å². The molecule has 0 heterocycles. The Kier molecular flexibility index (Phi) is 4.89. The second-order valence-corrected chi connectivity index (χ2v) is 22.2. The molecule has 2 unspecified atom stereocenters. The first-order valence-corrected chi connectivity index (χ1v) is 25.5. The van der Waals surface area contributed by atoms with Crippen molar-refractivity contribution in [3.63, 3.8) is 0 Å². The van der Waals surface area contributed by atoms with E-state index in [-0.39, 0.29) is 5.92 Å². The average molecular weight is 877 g/mol. The van der Waals surface area contributed by atoms with Crippen molar-refractivity contribution in [3.05, 3.63) is 318 Å². The molecule has 0 heteroatoms. The zero-order valence-electron chi connectivity index (χ0n) is 37.8. The molecule has 70 heavy (non-hydrogen) atoms. The summed E-state index contributed by atoms with van der Waals surface area (Å²) in [6, 6.07) is 85.5. The van der Waals surface area contributed by atoms with Crippen LogP contribution in [0.2, 0.25) is 0 Å². The number of benzene rings is 10. The zero-order chi connectivity index (χ0) is 44.6. The fraction of sp³-hybridized carbons (Fsp3) is 0.0857. The first-order chi connectivity index (χ1) is 34.8. The summed E-state index contributed by atoms with van der Waals surface area (Å²) in [6.45, 7) is 0. The second kappa shape index (κ2) is 10.0. The standard InChI is InChI=1S/C70H36/c1-6-16-36(17-7-1)66-51-41-26-28-43-45-30-32-47-49-34-35-50-48-33-31-46-44-29-27-42(41)52(66)54(44)68(38-20-10-3-11-21-38)56(46)58(48)70(40-24-14-5-15-25-40)60(50)59(49)69(39-22-12-4-13-23-39)57(47)55(45)67(53(43)51,37-18-8-2-9-19-37)62-61(66)63(68)65(70)64(62)69/h1-35,61H/t61?,66?,67-,68+,69-,70+. The predicted octanol–water partition coefficient (Wildman–Crippen LogP) is 14.9. The van der Waals surface area contributed by atoms with Crippen LogP contribution < -0.4 is 0 Å². The van der Waals surface area contributed by atoms with Gasteiger partial charge in [-0.3, -0.25) is 0 Å². The normalized spacial score (nSPS) is 27.7. The molecule has 0 aromatic heterocycles. The van der Waals surface area contributed by atoms with Crippen LogP contribution in [0.1, 0.15) is 83.5 Å². The molecular weight excluding hydrogens is 841 g/mol. The van der Waals surface area contributed by atoms with Crippen molar-refractivity contribution in [1.82, 2.24) is 0 Å². The third kappa shape index (κ3) is 2.68. The summed E-state index contributed by atoms with van der Waals surface area (Å²) < 4.78 is 0. The number of hydrogen-bond donors (Lipinski definition) is 0. The Labute approximate surface area is 404 Å². The summed E-state index contributed by atoms with van der Waals surface area (Å²) in [6.07, 6.45) is 0. The smallest absolute Gasteiger partial charge is 0.0622 e. The van der Waals surface area contributed by atoms with Crippen LogP contribution >= 0.6 is 0 Å². The molecule has 10 aromatic carbocycles. The van der Waals surface area contributed by atoms with Gasteiger partial charge in [0, 0.05) is 5.92 Å². The Morgan fingerprint density at radius 3 is 0.700 bits per heavy atom. The molecule has 0 radical (unpaired) electrons. The van der Waals surface area contributed by atoms with Crippen molar-refractivity contribution < 1.29 is 0 Å². The largest absolute Gasteiger partial charge is 0.0724 e. The summed E-state index contributed by atoms with van der Waals surface area (Å²) in [5, 5.41) is 0. The van der Waals surface area contributed by atoms with E-state index >= 15 is 0 Å². The lowest BCUT2D eigenvalue weighted by Gasteiger charge is -2.60. The summed E-state index contributed by atoms with van der Waals surface area (Å²) >= 11 is 0. The lowest BCUT2D eigenvalue weighted by atomic mass is 9.40. The van der Waals surface area contributed by atoms with Crippen LogP contribution in [0.5, 0.6) is 0 Å². The predicted molar refractivity (Wildman–Crippen MR) is 276 cm³/mol. The van der Waals surface area contributed by atoms with Crippen molar-refractivity contribution in [1.29, 1.82) is 0 Å². The molecule has 6 atom stereocenters. The van der Waals surface area contributed by atoms with E-state index in [2.05, 4.69) is 212 Å². The SMILES string of the molecule is c1ccc(C23c4c5ccc6c4[C@@]4(c7ccccc7)C7=C8C9=C(C72)[C@@]2(c7ccccc7)c7c(ccc-5c73)-c3ccc5c(c32)[C@@]9(c2ccccc2)c2c-5ccc3c2[C@@]8(c2ccccc2)c2c-3ccc-6c24)cc1. The van der Waals surface area contributed by atoms with Gasteiger partial charge in [0.05, 0.1) is 27.1 Å². The second-order valence-electron chi connectivity index (χ2n) is 22.2. The lowest BCUT2D eigenvalue weighted by molar-refractivity contribution is 0.367. The molecule has 0 N–H and O–H groups in total. The fourth-order valence-corrected chi connectivity index (χ4v) is 19.5. The molecule has 11 aliphatic rings. The van der Waals surface area contributed by atoms with Gasteiger partial charge < -0.3 is 0 Å². The zero-order valence-corrected chi connectivity index (χ0v) is 37.8. The minimum absolute atomic E-state index is 0.0000822. The van der Waals surface area contributed by atoms with Gasteiger partial charge in [-0.05, 0) is 161 Å².